The maximum absolute atomic E-state index is 11.1. The summed E-state index contributed by atoms with van der Waals surface area (Å²) in [5.41, 5.74) is 0.727. The van der Waals surface area contributed by atoms with Crippen LogP contribution in [0.25, 0.3) is 11.0 Å². The fourth-order valence-electron chi connectivity index (χ4n) is 1.38. The molecule has 0 fully saturated rings. The van der Waals surface area contributed by atoms with Gasteiger partial charge in [-0.3, -0.25) is 4.79 Å². The summed E-state index contributed by atoms with van der Waals surface area (Å²) in [5, 5.41) is 1.49. The first-order chi connectivity index (χ1) is 7.20. The molecule has 0 aliphatic heterocycles. The molecular weight excluding hydrogens is 216 g/mol. The Balaban J connectivity index is 2.41. The number of halogens is 1. The maximum Gasteiger partial charge on any atom is 0.325 e. The Hall–Kier alpha value is -1.55. The number of carbonyl (C=O) groups is 1. The van der Waals surface area contributed by atoms with Gasteiger partial charge in [-0.15, -0.1) is 0 Å². The molecule has 0 radical (unpaired) electrons. The molecule has 2 rings (SSSR count). The molecule has 0 aliphatic rings. The van der Waals surface area contributed by atoms with Crippen molar-refractivity contribution in [2.45, 2.75) is 6.54 Å². The lowest BCUT2D eigenvalue weighted by Crippen LogP contribution is -2.10. The minimum Gasteiger partial charge on any atom is -0.468 e. The molecule has 2 heterocycles. The molecule has 0 aromatic carbocycles. The third-order valence-corrected chi connectivity index (χ3v) is 2.30. The molecule has 0 unspecified atom stereocenters. The van der Waals surface area contributed by atoms with Gasteiger partial charge in [-0.25, -0.2) is 4.98 Å². The summed E-state index contributed by atoms with van der Waals surface area (Å²) >= 11 is 5.80. The van der Waals surface area contributed by atoms with Gasteiger partial charge in [0.05, 0.1) is 12.1 Å². The van der Waals surface area contributed by atoms with E-state index in [-0.39, 0.29) is 12.5 Å². The lowest BCUT2D eigenvalue weighted by atomic mass is 10.3. The molecule has 15 heavy (non-hydrogen) atoms. The second kappa shape index (κ2) is 3.90. The van der Waals surface area contributed by atoms with E-state index in [1.165, 1.54) is 7.11 Å². The Labute approximate surface area is 91.4 Å². The molecule has 0 saturated heterocycles. The molecule has 0 atom stereocenters. The topological polar surface area (TPSA) is 44.1 Å². The van der Waals surface area contributed by atoms with E-state index in [4.69, 9.17) is 11.6 Å². The Morgan fingerprint density at radius 3 is 3.20 bits per heavy atom. The van der Waals surface area contributed by atoms with Crippen molar-refractivity contribution in [3.8, 4) is 0 Å². The first kappa shape index (κ1) is 9.98. The van der Waals surface area contributed by atoms with Gasteiger partial charge in [-0.1, -0.05) is 11.6 Å². The number of carbonyl (C=O) groups excluding carboxylic acids is 1. The van der Waals surface area contributed by atoms with Crippen molar-refractivity contribution in [2.75, 3.05) is 7.11 Å². The van der Waals surface area contributed by atoms with Gasteiger partial charge >= 0.3 is 5.97 Å². The second-order valence-electron chi connectivity index (χ2n) is 3.09. The van der Waals surface area contributed by atoms with Crippen LogP contribution in [-0.4, -0.2) is 22.6 Å². The normalized spacial score (nSPS) is 10.5. The molecule has 2 aromatic rings. The number of aromatic nitrogens is 2. The molecular formula is C10H9ClN2O2. The van der Waals surface area contributed by atoms with Crippen molar-refractivity contribution in [1.82, 2.24) is 9.55 Å². The number of hydrogen-bond acceptors (Lipinski definition) is 3. The highest BCUT2D eigenvalue weighted by atomic mass is 35.5. The predicted molar refractivity (Wildman–Crippen MR) is 56.8 cm³/mol. The van der Waals surface area contributed by atoms with Gasteiger partial charge in [0.25, 0.3) is 0 Å². The smallest absolute Gasteiger partial charge is 0.325 e. The Morgan fingerprint density at radius 2 is 2.47 bits per heavy atom. The summed E-state index contributed by atoms with van der Waals surface area (Å²) in [5.74, 6) is -0.302. The first-order valence-corrected chi connectivity index (χ1v) is 4.75. The van der Waals surface area contributed by atoms with Crippen LogP contribution >= 0.6 is 11.6 Å². The van der Waals surface area contributed by atoms with E-state index in [1.807, 2.05) is 6.07 Å². The zero-order valence-electron chi connectivity index (χ0n) is 8.11. The van der Waals surface area contributed by atoms with E-state index in [9.17, 15) is 4.79 Å². The van der Waals surface area contributed by atoms with Crippen molar-refractivity contribution < 1.29 is 9.53 Å². The van der Waals surface area contributed by atoms with E-state index < -0.39 is 0 Å². The highest BCUT2D eigenvalue weighted by Crippen LogP contribution is 2.17. The van der Waals surface area contributed by atoms with Crippen molar-refractivity contribution in [2.24, 2.45) is 0 Å². The summed E-state index contributed by atoms with van der Waals surface area (Å²) in [4.78, 5) is 15.2. The predicted octanol–water partition coefficient (Wildman–Crippen LogP) is 1.86. The zero-order valence-corrected chi connectivity index (χ0v) is 8.86. The first-order valence-electron chi connectivity index (χ1n) is 4.38. The van der Waals surface area contributed by atoms with E-state index in [1.54, 1.807) is 23.0 Å². The lowest BCUT2D eigenvalue weighted by Gasteiger charge is -2.02. The molecule has 0 bridgehead atoms. The van der Waals surface area contributed by atoms with Gasteiger partial charge in [0, 0.05) is 17.8 Å². The number of fused-ring (bicyclic) bond motifs is 1. The van der Waals surface area contributed by atoms with E-state index in [0.29, 0.717) is 5.02 Å². The third kappa shape index (κ3) is 1.94. The molecule has 4 nitrogen and oxygen atoms in total. The zero-order chi connectivity index (χ0) is 10.8. The van der Waals surface area contributed by atoms with Crippen LogP contribution in [-0.2, 0) is 16.1 Å². The van der Waals surface area contributed by atoms with Crippen molar-refractivity contribution >= 4 is 28.6 Å². The summed E-state index contributed by atoms with van der Waals surface area (Å²) in [6.45, 7) is 0.161. The third-order valence-electron chi connectivity index (χ3n) is 2.09. The Kier molecular flexibility index (Phi) is 2.60. The summed E-state index contributed by atoms with van der Waals surface area (Å²) in [6, 6.07) is 3.66. The van der Waals surface area contributed by atoms with Gasteiger partial charge in [0.15, 0.2) is 0 Å². The molecule has 0 N–H and O–H groups in total. The Bertz CT molecular complexity index is 507. The van der Waals surface area contributed by atoms with Crippen LogP contribution in [0.15, 0.2) is 24.5 Å². The van der Waals surface area contributed by atoms with E-state index in [2.05, 4.69) is 9.72 Å². The van der Waals surface area contributed by atoms with Crippen LogP contribution in [0.1, 0.15) is 0 Å². The summed E-state index contributed by atoms with van der Waals surface area (Å²) in [7, 11) is 1.36. The number of nitrogens with zero attached hydrogens (tertiary/aromatic N) is 2. The molecule has 0 amide bonds. The van der Waals surface area contributed by atoms with Gasteiger partial charge in [0.2, 0.25) is 0 Å². The maximum atomic E-state index is 11.1. The fraction of sp³-hybridized carbons (Fsp3) is 0.200. The quantitative estimate of drug-likeness (QED) is 0.732. The van der Waals surface area contributed by atoms with Crippen LogP contribution in [0.5, 0.6) is 0 Å². The number of esters is 1. The highest BCUT2D eigenvalue weighted by molar-refractivity contribution is 6.31. The molecule has 0 aliphatic carbocycles. The molecule has 78 valence electrons. The standard InChI is InChI=1S/C10H9ClN2O2/c1-15-9(14)6-13-3-2-7-4-8(11)5-12-10(7)13/h2-5H,6H2,1H3. The molecule has 5 heteroatoms. The number of methoxy groups -OCH3 is 1. The van der Waals surface area contributed by atoms with Gasteiger partial charge in [-0.2, -0.15) is 0 Å². The van der Waals surface area contributed by atoms with Crippen LogP contribution in [0, 0.1) is 0 Å². The number of hydrogen-bond donors (Lipinski definition) is 0. The monoisotopic (exact) mass is 224 g/mol. The molecule has 0 spiro atoms. The minimum atomic E-state index is -0.302. The number of pyridine rings is 1. The summed E-state index contributed by atoms with van der Waals surface area (Å²) in [6.07, 6.45) is 3.34. The molecule has 0 saturated carbocycles. The van der Waals surface area contributed by atoms with Gasteiger partial charge < -0.3 is 9.30 Å². The number of ether oxygens (including phenoxy) is 1. The second-order valence-corrected chi connectivity index (χ2v) is 3.52. The fourth-order valence-corrected chi connectivity index (χ4v) is 1.55. The van der Waals surface area contributed by atoms with Crippen LogP contribution in [0.2, 0.25) is 5.02 Å². The van der Waals surface area contributed by atoms with Crippen LogP contribution in [0.4, 0.5) is 0 Å². The lowest BCUT2D eigenvalue weighted by molar-refractivity contribution is -0.141. The van der Waals surface area contributed by atoms with Crippen LogP contribution < -0.4 is 0 Å². The largest absolute Gasteiger partial charge is 0.468 e. The highest BCUT2D eigenvalue weighted by Gasteiger charge is 2.06. The van der Waals surface area contributed by atoms with E-state index >= 15 is 0 Å². The van der Waals surface area contributed by atoms with Crippen molar-refractivity contribution in [3.63, 3.8) is 0 Å². The van der Waals surface area contributed by atoms with Crippen molar-refractivity contribution in [3.05, 3.63) is 29.5 Å². The van der Waals surface area contributed by atoms with Crippen molar-refractivity contribution in [1.29, 1.82) is 0 Å². The average Bonchev–Trinajstić information content (AvgIpc) is 2.60. The number of rotatable bonds is 2. The average molecular weight is 225 g/mol. The molecule has 2 aromatic heterocycles. The van der Waals surface area contributed by atoms with Gasteiger partial charge in [-0.05, 0) is 12.1 Å². The van der Waals surface area contributed by atoms with Gasteiger partial charge in [0.1, 0.15) is 12.2 Å². The van der Waals surface area contributed by atoms with E-state index in [0.717, 1.165) is 11.0 Å². The Morgan fingerprint density at radius 1 is 1.67 bits per heavy atom. The SMILES string of the molecule is COC(=O)Cn1ccc2cc(Cl)cnc21. The van der Waals surface area contributed by atoms with Crippen LogP contribution in [0.3, 0.4) is 0 Å². The minimum absolute atomic E-state index is 0.161. The summed E-state index contributed by atoms with van der Waals surface area (Å²) < 4.78 is 6.30.